The van der Waals surface area contributed by atoms with Gasteiger partial charge in [-0.3, -0.25) is 19.3 Å². The Morgan fingerprint density at radius 3 is 2.39 bits per heavy atom. The Labute approximate surface area is 163 Å². The van der Waals surface area contributed by atoms with Crippen molar-refractivity contribution in [1.82, 2.24) is 10.2 Å². The van der Waals surface area contributed by atoms with Crippen LogP contribution in [0.2, 0.25) is 0 Å². The molecule has 2 fully saturated rings. The van der Waals surface area contributed by atoms with Crippen LogP contribution in [0.3, 0.4) is 0 Å². The van der Waals surface area contributed by atoms with Gasteiger partial charge in [0, 0.05) is 37.2 Å². The highest BCUT2D eigenvalue weighted by Gasteiger charge is 2.36. The van der Waals surface area contributed by atoms with Gasteiger partial charge in [0.05, 0.1) is 12.1 Å². The van der Waals surface area contributed by atoms with Gasteiger partial charge in [0.2, 0.25) is 17.7 Å². The van der Waals surface area contributed by atoms with E-state index in [0.29, 0.717) is 31.5 Å². The van der Waals surface area contributed by atoms with Crippen molar-refractivity contribution in [3.05, 3.63) is 29.6 Å². The molecule has 1 aromatic rings. The summed E-state index contributed by atoms with van der Waals surface area (Å²) in [6.45, 7) is 4.55. The van der Waals surface area contributed by atoms with Crippen LogP contribution in [0.1, 0.15) is 51.1 Å². The first-order valence-electron chi connectivity index (χ1n) is 9.65. The molecule has 2 aliphatic heterocycles. The number of nitrogens with one attached hydrogen (secondary N) is 1. The molecular weight excluding hydrogens is 365 g/mol. The zero-order valence-corrected chi connectivity index (χ0v) is 16.2. The number of halogens is 1. The van der Waals surface area contributed by atoms with Crippen molar-refractivity contribution >= 4 is 23.4 Å². The molecule has 2 unspecified atom stereocenters. The van der Waals surface area contributed by atoms with Crippen molar-refractivity contribution in [2.24, 2.45) is 0 Å². The van der Waals surface area contributed by atoms with E-state index < -0.39 is 23.8 Å². The van der Waals surface area contributed by atoms with E-state index in [1.54, 1.807) is 13.0 Å². The summed E-state index contributed by atoms with van der Waals surface area (Å²) in [6, 6.07) is 3.03. The molecule has 3 rings (SSSR count). The van der Waals surface area contributed by atoms with Gasteiger partial charge in [0.1, 0.15) is 11.9 Å². The van der Waals surface area contributed by atoms with E-state index in [9.17, 15) is 23.9 Å². The lowest BCUT2D eigenvalue weighted by Gasteiger charge is -2.34. The van der Waals surface area contributed by atoms with E-state index in [0.717, 1.165) is 10.6 Å². The molecule has 0 radical (unpaired) electrons. The van der Waals surface area contributed by atoms with Crippen LogP contribution in [0.4, 0.5) is 10.1 Å². The molecule has 2 aliphatic rings. The summed E-state index contributed by atoms with van der Waals surface area (Å²) >= 11 is 0. The first kappa shape index (κ1) is 20.3. The lowest BCUT2D eigenvalue weighted by atomic mass is 10.0. The summed E-state index contributed by atoms with van der Waals surface area (Å²) < 4.78 is 13.9. The van der Waals surface area contributed by atoms with Crippen molar-refractivity contribution in [1.29, 1.82) is 0 Å². The first-order chi connectivity index (χ1) is 13.3. The standard InChI is InChI=1S/C20H26FN3O4/c1-12(22-20(28)13(2)24-18(26)5-6-19(24)27)16-11-14(21)3-4-17(16)23-9-7-15(25)8-10-23/h3-4,11-13,15,25H,5-10H2,1-2H3,(H,22,28). The third-order valence-electron chi connectivity index (χ3n) is 5.48. The molecule has 0 aromatic heterocycles. The van der Waals surface area contributed by atoms with Crippen LogP contribution in [0.15, 0.2) is 18.2 Å². The molecule has 0 aliphatic carbocycles. The van der Waals surface area contributed by atoms with Crippen LogP contribution in [0.25, 0.3) is 0 Å². The molecule has 8 heteroatoms. The number of imide groups is 1. The van der Waals surface area contributed by atoms with Gasteiger partial charge in [0.25, 0.3) is 0 Å². The van der Waals surface area contributed by atoms with Crippen molar-refractivity contribution < 1.29 is 23.9 Å². The number of nitrogens with zero attached hydrogens (tertiary/aromatic N) is 2. The van der Waals surface area contributed by atoms with Gasteiger partial charge >= 0.3 is 0 Å². The van der Waals surface area contributed by atoms with Crippen LogP contribution in [0.5, 0.6) is 0 Å². The molecule has 2 atom stereocenters. The molecule has 7 nitrogen and oxygen atoms in total. The van der Waals surface area contributed by atoms with E-state index in [-0.39, 0.29) is 30.8 Å². The van der Waals surface area contributed by atoms with Crippen molar-refractivity contribution in [2.45, 2.75) is 57.7 Å². The van der Waals surface area contributed by atoms with Crippen molar-refractivity contribution in [3.63, 3.8) is 0 Å². The maximum Gasteiger partial charge on any atom is 0.243 e. The second-order valence-electron chi connectivity index (χ2n) is 7.49. The van der Waals surface area contributed by atoms with E-state index in [1.165, 1.54) is 19.1 Å². The minimum absolute atomic E-state index is 0.126. The summed E-state index contributed by atoms with van der Waals surface area (Å²) in [7, 11) is 0. The second-order valence-corrected chi connectivity index (χ2v) is 7.49. The third-order valence-corrected chi connectivity index (χ3v) is 5.48. The summed E-state index contributed by atoms with van der Waals surface area (Å²) in [5, 5.41) is 12.5. The Balaban J connectivity index is 1.75. The molecule has 152 valence electrons. The highest BCUT2D eigenvalue weighted by atomic mass is 19.1. The van der Waals surface area contributed by atoms with E-state index in [2.05, 4.69) is 10.2 Å². The zero-order valence-electron chi connectivity index (χ0n) is 16.2. The second kappa shape index (κ2) is 8.26. The van der Waals surface area contributed by atoms with Crippen LogP contribution < -0.4 is 10.2 Å². The Kier molecular flexibility index (Phi) is 5.98. The smallest absolute Gasteiger partial charge is 0.243 e. The minimum atomic E-state index is -0.910. The fourth-order valence-electron chi connectivity index (χ4n) is 3.82. The zero-order chi connectivity index (χ0) is 20.4. The quantitative estimate of drug-likeness (QED) is 0.743. The number of likely N-dealkylation sites (tertiary alicyclic amines) is 1. The number of carbonyl (C=O) groups excluding carboxylic acids is 3. The van der Waals surface area contributed by atoms with Crippen LogP contribution in [-0.2, 0) is 14.4 Å². The number of aliphatic hydroxyl groups excluding tert-OH is 1. The highest BCUT2D eigenvalue weighted by molar-refractivity contribution is 6.05. The normalized spacial score (nSPS) is 20.4. The lowest BCUT2D eigenvalue weighted by molar-refractivity contribution is -0.146. The molecular formula is C20H26FN3O4. The number of hydrogen-bond acceptors (Lipinski definition) is 5. The summed E-state index contributed by atoms with van der Waals surface area (Å²) in [4.78, 5) is 39.4. The highest BCUT2D eigenvalue weighted by Crippen LogP contribution is 2.30. The van der Waals surface area contributed by atoms with E-state index in [4.69, 9.17) is 0 Å². The molecule has 0 spiro atoms. The van der Waals surface area contributed by atoms with E-state index >= 15 is 0 Å². The molecule has 2 N–H and O–H groups in total. The van der Waals surface area contributed by atoms with Gasteiger partial charge in [-0.1, -0.05) is 0 Å². The molecule has 2 saturated heterocycles. The predicted molar refractivity (Wildman–Crippen MR) is 101 cm³/mol. The Morgan fingerprint density at radius 1 is 1.18 bits per heavy atom. The number of hydrogen-bond donors (Lipinski definition) is 2. The summed E-state index contributed by atoms with van der Waals surface area (Å²) in [5.74, 6) is -1.56. The maximum atomic E-state index is 13.9. The number of piperidine rings is 1. The van der Waals surface area contributed by atoms with Gasteiger partial charge in [0.15, 0.2) is 0 Å². The summed E-state index contributed by atoms with van der Waals surface area (Å²) in [5.41, 5.74) is 1.43. The average Bonchev–Trinajstić information content (AvgIpc) is 3.00. The Hall–Kier alpha value is -2.48. The van der Waals surface area contributed by atoms with Crippen LogP contribution in [0, 0.1) is 5.82 Å². The van der Waals surface area contributed by atoms with Crippen LogP contribution in [-0.4, -0.2) is 53.0 Å². The number of amides is 3. The molecule has 2 heterocycles. The monoisotopic (exact) mass is 391 g/mol. The Morgan fingerprint density at radius 2 is 1.79 bits per heavy atom. The average molecular weight is 391 g/mol. The van der Waals surface area contributed by atoms with E-state index in [1.807, 2.05) is 0 Å². The maximum absolute atomic E-state index is 13.9. The summed E-state index contributed by atoms with van der Waals surface area (Å²) in [6.07, 6.45) is 1.19. The topological polar surface area (TPSA) is 90.0 Å². The van der Waals surface area contributed by atoms with Gasteiger partial charge in [-0.25, -0.2) is 4.39 Å². The number of rotatable bonds is 5. The largest absolute Gasteiger partial charge is 0.393 e. The van der Waals surface area contributed by atoms with Crippen LogP contribution >= 0.6 is 0 Å². The third kappa shape index (κ3) is 4.16. The van der Waals surface area contributed by atoms with Gasteiger partial charge < -0.3 is 15.3 Å². The van der Waals surface area contributed by atoms with Crippen molar-refractivity contribution in [2.75, 3.05) is 18.0 Å². The number of aliphatic hydroxyl groups is 1. The van der Waals surface area contributed by atoms with Gasteiger partial charge in [-0.15, -0.1) is 0 Å². The molecule has 1 aromatic carbocycles. The fraction of sp³-hybridized carbons (Fsp3) is 0.550. The molecule has 0 bridgehead atoms. The fourth-order valence-corrected chi connectivity index (χ4v) is 3.82. The SMILES string of the molecule is CC(NC(=O)C(C)N1C(=O)CCC1=O)c1cc(F)ccc1N1CCC(O)CC1. The molecule has 0 saturated carbocycles. The minimum Gasteiger partial charge on any atom is -0.393 e. The Bertz CT molecular complexity index is 761. The first-order valence-corrected chi connectivity index (χ1v) is 9.65. The predicted octanol–water partition coefficient (Wildman–Crippen LogP) is 1.50. The number of carbonyl (C=O) groups is 3. The van der Waals surface area contributed by atoms with Gasteiger partial charge in [-0.2, -0.15) is 0 Å². The molecule has 28 heavy (non-hydrogen) atoms. The number of anilines is 1. The number of benzene rings is 1. The molecule has 3 amide bonds. The van der Waals surface area contributed by atoms with Crippen molar-refractivity contribution in [3.8, 4) is 0 Å². The lowest BCUT2D eigenvalue weighted by Crippen LogP contribution is -2.48. The van der Waals surface area contributed by atoms with Gasteiger partial charge in [-0.05, 0) is 44.9 Å².